The highest BCUT2D eigenvalue weighted by Gasteiger charge is 2.20. The number of ether oxygens (including phenoxy) is 1. The van der Waals surface area contributed by atoms with E-state index in [4.69, 9.17) is 10.5 Å². The van der Waals surface area contributed by atoms with E-state index in [1.807, 2.05) is 54.6 Å². The van der Waals surface area contributed by atoms with Crippen molar-refractivity contribution in [1.29, 1.82) is 0 Å². The molecule has 2 aromatic carbocycles. The highest BCUT2D eigenvalue weighted by molar-refractivity contribution is 5.95. The monoisotopic (exact) mass is 375 g/mol. The van der Waals surface area contributed by atoms with Crippen molar-refractivity contribution in [2.24, 2.45) is 5.73 Å². The van der Waals surface area contributed by atoms with Crippen LogP contribution in [0.15, 0.2) is 79.0 Å². The SMILES string of the molecule is NC(=O)[C@H](Cc1cccc(OCc2ccccc2)c1)NC(=O)c1ccccn1. The van der Waals surface area contributed by atoms with E-state index in [2.05, 4.69) is 10.3 Å². The smallest absolute Gasteiger partial charge is 0.270 e. The van der Waals surface area contributed by atoms with Gasteiger partial charge in [-0.05, 0) is 35.4 Å². The Morgan fingerprint density at radius 2 is 1.71 bits per heavy atom. The predicted octanol–water partition coefficient (Wildman–Crippen LogP) is 2.49. The third-order valence-electron chi connectivity index (χ3n) is 4.13. The number of carbonyl (C=O) groups excluding carboxylic acids is 2. The van der Waals surface area contributed by atoms with Gasteiger partial charge in [0.2, 0.25) is 5.91 Å². The van der Waals surface area contributed by atoms with Crippen LogP contribution in [0.1, 0.15) is 21.6 Å². The van der Waals surface area contributed by atoms with Crippen LogP contribution in [0.5, 0.6) is 5.75 Å². The van der Waals surface area contributed by atoms with Gasteiger partial charge in [0, 0.05) is 12.6 Å². The Labute approximate surface area is 163 Å². The number of nitrogens with one attached hydrogen (secondary N) is 1. The van der Waals surface area contributed by atoms with Crippen LogP contribution in [0, 0.1) is 0 Å². The second kappa shape index (κ2) is 9.32. The van der Waals surface area contributed by atoms with E-state index in [1.54, 1.807) is 18.2 Å². The van der Waals surface area contributed by atoms with E-state index >= 15 is 0 Å². The predicted molar refractivity (Wildman–Crippen MR) is 106 cm³/mol. The van der Waals surface area contributed by atoms with Crippen molar-refractivity contribution in [2.75, 3.05) is 0 Å². The fourth-order valence-electron chi connectivity index (χ4n) is 2.69. The van der Waals surface area contributed by atoms with Crippen LogP contribution in [0.3, 0.4) is 0 Å². The zero-order valence-electron chi connectivity index (χ0n) is 15.2. The Morgan fingerprint density at radius 1 is 0.964 bits per heavy atom. The van der Waals surface area contributed by atoms with E-state index in [0.29, 0.717) is 12.4 Å². The minimum atomic E-state index is -0.848. The molecule has 3 rings (SSSR count). The highest BCUT2D eigenvalue weighted by atomic mass is 16.5. The van der Waals surface area contributed by atoms with Crippen molar-refractivity contribution in [3.8, 4) is 5.75 Å². The molecule has 0 radical (unpaired) electrons. The Morgan fingerprint density at radius 3 is 2.43 bits per heavy atom. The molecule has 1 heterocycles. The first-order valence-electron chi connectivity index (χ1n) is 8.88. The Balaban J connectivity index is 1.64. The molecule has 0 unspecified atom stereocenters. The molecule has 6 nitrogen and oxygen atoms in total. The lowest BCUT2D eigenvalue weighted by molar-refractivity contribution is -0.119. The van der Waals surface area contributed by atoms with Crippen molar-refractivity contribution in [3.63, 3.8) is 0 Å². The lowest BCUT2D eigenvalue weighted by atomic mass is 10.0. The van der Waals surface area contributed by atoms with Crippen LogP contribution in [0.2, 0.25) is 0 Å². The number of benzene rings is 2. The maximum Gasteiger partial charge on any atom is 0.270 e. The topological polar surface area (TPSA) is 94.3 Å². The maximum absolute atomic E-state index is 12.3. The molecule has 0 saturated carbocycles. The van der Waals surface area contributed by atoms with Gasteiger partial charge in [0.15, 0.2) is 0 Å². The van der Waals surface area contributed by atoms with Crippen molar-refractivity contribution in [2.45, 2.75) is 19.1 Å². The summed E-state index contributed by atoms with van der Waals surface area (Å²) in [6.45, 7) is 0.444. The molecule has 0 aliphatic heterocycles. The number of nitrogens with two attached hydrogens (primary N) is 1. The molecule has 3 N–H and O–H groups in total. The highest BCUT2D eigenvalue weighted by Crippen LogP contribution is 2.16. The summed E-state index contributed by atoms with van der Waals surface area (Å²) < 4.78 is 5.81. The number of aromatic nitrogens is 1. The number of carbonyl (C=O) groups is 2. The zero-order valence-corrected chi connectivity index (χ0v) is 15.2. The molecule has 0 spiro atoms. The number of primary amides is 1. The number of pyridine rings is 1. The summed E-state index contributed by atoms with van der Waals surface area (Å²) in [4.78, 5) is 28.1. The molecule has 3 aromatic rings. The molecule has 0 saturated heterocycles. The summed E-state index contributed by atoms with van der Waals surface area (Å²) in [5, 5.41) is 2.64. The third kappa shape index (κ3) is 5.41. The third-order valence-corrected chi connectivity index (χ3v) is 4.13. The molecule has 28 heavy (non-hydrogen) atoms. The molecule has 1 aromatic heterocycles. The Bertz CT molecular complexity index is 930. The number of rotatable bonds is 8. The molecule has 0 aliphatic carbocycles. The summed E-state index contributed by atoms with van der Waals surface area (Å²) in [6.07, 6.45) is 1.78. The lowest BCUT2D eigenvalue weighted by Gasteiger charge is -2.16. The molecule has 1 atom stereocenters. The second-order valence-corrected chi connectivity index (χ2v) is 6.27. The molecule has 0 aliphatic rings. The van der Waals surface area contributed by atoms with Gasteiger partial charge in [0.05, 0.1) is 0 Å². The fraction of sp³-hybridized carbons (Fsp3) is 0.136. The van der Waals surface area contributed by atoms with Gasteiger partial charge < -0.3 is 15.8 Å². The first-order chi connectivity index (χ1) is 13.6. The fourth-order valence-corrected chi connectivity index (χ4v) is 2.69. The van der Waals surface area contributed by atoms with Gasteiger partial charge >= 0.3 is 0 Å². The minimum Gasteiger partial charge on any atom is -0.489 e. The average molecular weight is 375 g/mol. The molecular weight excluding hydrogens is 354 g/mol. The zero-order chi connectivity index (χ0) is 19.8. The lowest BCUT2D eigenvalue weighted by Crippen LogP contribution is -2.46. The first-order valence-corrected chi connectivity index (χ1v) is 8.88. The van der Waals surface area contributed by atoms with Crippen LogP contribution < -0.4 is 15.8 Å². The van der Waals surface area contributed by atoms with Crippen molar-refractivity contribution in [1.82, 2.24) is 10.3 Å². The molecule has 6 heteroatoms. The van der Waals surface area contributed by atoms with Crippen LogP contribution in [-0.4, -0.2) is 22.8 Å². The minimum absolute atomic E-state index is 0.230. The van der Waals surface area contributed by atoms with Gasteiger partial charge in [-0.1, -0.05) is 48.5 Å². The van der Waals surface area contributed by atoms with Crippen LogP contribution in [-0.2, 0) is 17.8 Å². The van der Waals surface area contributed by atoms with Gasteiger partial charge in [-0.2, -0.15) is 0 Å². The number of hydrogen-bond donors (Lipinski definition) is 2. The standard InChI is InChI=1S/C22H21N3O3/c23-21(26)20(25-22(27)19-11-4-5-12-24-19)14-17-9-6-10-18(13-17)28-15-16-7-2-1-3-8-16/h1-13,20H,14-15H2,(H2,23,26)(H,25,27)/t20-/m0/s1. The summed E-state index contributed by atoms with van der Waals surface area (Å²) in [5.74, 6) is -0.374. The summed E-state index contributed by atoms with van der Waals surface area (Å²) >= 11 is 0. The van der Waals surface area contributed by atoms with E-state index in [1.165, 1.54) is 6.20 Å². The molecular formula is C22H21N3O3. The number of amides is 2. The van der Waals surface area contributed by atoms with Gasteiger partial charge in [-0.25, -0.2) is 0 Å². The Kier molecular flexibility index (Phi) is 6.36. The maximum atomic E-state index is 12.3. The normalized spacial score (nSPS) is 11.4. The molecule has 0 bridgehead atoms. The summed E-state index contributed by atoms with van der Waals surface area (Å²) in [7, 11) is 0. The molecule has 2 amide bonds. The summed E-state index contributed by atoms with van der Waals surface area (Å²) in [5.41, 5.74) is 7.60. The largest absolute Gasteiger partial charge is 0.489 e. The van der Waals surface area contributed by atoms with Gasteiger partial charge in [0.25, 0.3) is 5.91 Å². The molecule has 142 valence electrons. The molecule has 0 fully saturated rings. The average Bonchev–Trinajstić information content (AvgIpc) is 2.73. The van der Waals surface area contributed by atoms with Gasteiger partial charge in [-0.3, -0.25) is 14.6 Å². The van der Waals surface area contributed by atoms with Crippen molar-refractivity contribution in [3.05, 3.63) is 95.8 Å². The van der Waals surface area contributed by atoms with Crippen LogP contribution >= 0.6 is 0 Å². The van der Waals surface area contributed by atoms with Gasteiger partial charge in [0.1, 0.15) is 24.1 Å². The second-order valence-electron chi connectivity index (χ2n) is 6.27. The van der Waals surface area contributed by atoms with E-state index in [-0.39, 0.29) is 12.1 Å². The summed E-state index contributed by atoms with van der Waals surface area (Å²) in [6, 6.07) is 21.4. The quantitative estimate of drug-likeness (QED) is 0.632. The van der Waals surface area contributed by atoms with E-state index in [9.17, 15) is 9.59 Å². The van der Waals surface area contributed by atoms with Crippen molar-refractivity contribution < 1.29 is 14.3 Å². The Hall–Kier alpha value is -3.67. The van der Waals surface area contributed by atoms with E-state index < -0.39 is 17.9 Å². The van der Waals surface area contributed by atoms with Gasteiger partial charge in [-0.15, -0.1) is 0 Å². The van der Waals surface area contributed by atoms with E-state index in [0.717, 1.165) is 11.1 Å². The van der Waals surface area contributed by atoms with Crippen molar-refractivity contribution >= 4 is 11.8 Å². The first kappa shape index (κ1) is 19.1. The number of hydrogen-bond acceptors (Lipinski definition) is 4. The number of nitrogens with zero attached hydrogens (tertiary/aromatic N) is 1. The van der Waals surface area contributed by atoms with Crippen LogP contribution in [0.4, 0.5) is 0 Å². The van der Waals surface area contributed by atoms with Crippen LogP contribution in [0.25, 0.3) is 0 Å².